The fourth-order valence-electron chi connectivity index (χ4n) is 3.18. The number of benzene rings is 3. The maximum Gasteiger partial charge on any atom is 0.338 e. The molecule has 0 fully saturated rings. The smallest absolute Gasteiger partial charge is 0.338 e. The van der Waals surface area contributed by atoms with Crippen LogP contribution >= 0.6 is 7.14 Å². The van der Waals surface area contributed by atoms with E-state index in [2.05, 4.69) is 0 Å². The van der Waals surface area contributed by atoms with Gasteiger partial charge in [0, 0.05) is 22.7 Å². The van der Waals surface area contributed by atoms with Gasteiger partial charge in [-0.3, -0.25) is 0 Å². The minimum Gasteiger partial charge on any atom is -0.459 e. The van der Waals surface area contributed by atoms with Gasteiger partial charge in [-0.2, -0.15) is 0 Å². The van der Waals surface area contributed by atoms with E-state index in [4.69, 9.17) is 4.74 Å². The summed E-state index contributed by atoms with van der Waals surface area (Å²) in [4.78, 5) is 12.4. The summed E-state index contributed by atoms with van der Waals surface area (Å²) in [6.45, 7) is 3.85. The number of rotatable bonds is 7. The van der Waals surface area contributed by atoms with Crippen molar-refractivity contribution in [2.24, 2.45) is 5.92 Å². The van der Waals surface area contributed by atoms with Gasteiger partial charge in [-0.25, -0.2) is 4.79 Å². The summed E-state index contributed by atoms with van der Waals surface area (Å²) in [5.41, 5.74) is 0.524. The van der Waals surface area contributed by atoms with Gasteiger partial charge in [-0.05, 0) is 19.1 Å². The first-order valence-corrected chi connectivity index (χ1v) is 11.4. The zero-order valence-corrected chi connectivity index (χ0v) is 17.1. The van der Waals surface area contributed by atoms with E-state index in [1.54, 1.807) is 12.1 Å². The lowest BCUT2D eigenvalue weighted by Crippen LogP contribution is -2.29. The van der Waals surface area contributed by atoms with E-state index in [0.29, 0.717) is 11.7 Å². The Bertz CT molecular complexity index is 896. The quantitative estimate of drug-likeness (QED) is 0.425. The molecule has 0 heterocycles. The number of esters is 1. The highest BCUT2D eigenvalue weighted by Crippen LogP contribution is 2.45. The van der Waals surface area contributed by atoms with Crippen LogP contribution < -0.4 is 10.6 Å². The van der Waals surface area contributed by atoms with Crippen molar-refractivity contribution in [3.05, 3.63) is 96.6 Å². The topological polar surface area (TPSA) is 43.4 Å². The molecule has 3 nitrogen and oxygen atoms in total. The molecule has 3 aromatic carbocycles. The first kappa shape index (κ1) is 20.1. The molecule has 3 aromatic rings. The van der Waals surface area contributed by atoms with E-state index < -0.39 is 7.14 Å². The molecular formula is C24H25O3P. The molecule has 0 saturated carbocycles. The maximum atomic E-state index is 14.1. The number of carbonyl (C=O) groups is 1. The number of carbonyl (C=O) groups excluding carboxylic acids is 1. The molecule has 0 radical (unpaired) electrons. The van der Waals surface area contributed by atoms with Crippen molar-refractivity contribution in [1.29, 1.82) is 0 Å². The maximum absolute atomic E-state index is 14.1. The van der Waals surface area contributed by atoms with Gasteiger partial charge in [0.15, 0.2) is 0 Å². The highest BCUT2D eigenvalue weighted by Gasteiger charge is 2.32. The van der Waals surface area contributed by atoms with Crippen LogP contribution in [0.25, 0.3) is 0 Å². The minimum atomic E-state index is -2.84. The second-order valence-corrected chi connectivity index (χ2v) is 9.92. The van der Waals surface area contributed by atoms with Crippen molar-refractivity contribution in [1.82, 2.24) is 0 Å². The van der Waals surface area contributed by atoms with Gasteiger partial charge in [0.1, 0.15) is 13.2 Å². The van der Waals surface area contributed by atoms with Crippen LogP contribution in [0.1, 0.15) is 24.2 Å². The molecule has 0 bridgehead atoms. The first-order chi connectivity index (χ1) is 13.5. The molecule has 0 aromatic heterocycles. The fourth-order valence-corrected chi connectivity index (χ4v) is 6.31. The normalized spacial score (nSPS) is 13.5. The van der Waals surface area contributed by atoms with E-state index in [1.165, 1.54) is 0 Å². The van der Waals surface area contributed by atoms with Crippen molar-refractivity contribution < 1.29 is 14.1 Å². The van der Waals surface area contributed by atoms with Crippen molar-refractivity contribution in [2.45, 2.75) is 20.0 Å². The molecule has 0 N–H and O–H groups in total. The molecule has 0 aliphatic heterocycles. The SMILES string of the molecule is C[C@H](CP(=O)(c1ccccc1)c1ccccc1)[C@H](C)OC(=O)c1ccccc1. The van der Waals surface area contributed by atoms with Gasteiger partial charge in [0.05, 0.1) is 5.56 Å². The average molecular weight is 392 g/mol. The van der Waals surface area contributed by atoms with Gasteiger partial charge >= 0.3 is 5.97 Å². The van der Waals surface area contributed by atoms with Gasteiger partial charge in [0.2, 0.25) is 0 Å². The Labute approximate surface area is 166 Å². The predicted octanol–water partition coefficient (Wildman–Crippen LogP) is 4.88. The van der Waals surface area contributed by atoms with Crippen LogP contribution in [0.5, 0.6) is 0 Å². The highest BCUT2D eigenvalue weighted by molar-refractivity contribution is 7.78. The summed E-state index contributed by atoms with van der Waals surface area (Å²) in [5, 5.41) is 1.66. The van der Waals surface area contributed by atoms with Gasteiger partial charge in [-0.15, -0.1) is 0 Å². The van der Waals surface area contributed by atoms with Crippen LogP contribution in [0.15, 0.2) is 91.0 Å². The average Bonchev–Trinajstić information content (AvgIpc) is 2.75. The summed E-state index contributed by atoms with van der Waals surface area (Å²) in [6, 6.07) is 28.1. The number of hydrogen-bond acceptors (Lipinski definition) is 3. The van der Waals surface area contributed by atoms with Crippen molar-refractivity contribution in [2.75, 3.05) is 6.16 Å². The molecule has 0 unspecified atom stereocenters. The Morgan fingerprint density at radius 2 is 1.21 bits per heavy atom. The van der Waals surface area contributed by atoms with Crippen molar-refractivity contribution >= 4 is 23.7 Å². The summed E-state index contributed by atoms with van der Waals surface area (Å²) in [5.74, 6) is -0.423. The van der Waals surface area contributed by atoms with Crippen LogP contribution in [0.2, 0.25) is 0 Å². The lowest BCUT2D eigenvalue weighted by Gasteiger charge is -2.26. The zero-order valence-electron chi connectivity index (χ0n) is 16.2. The number of hydrogen-bond donors (Lipinski definition) is 0. The predicted molar refractivity (Wildman–Crippen MR) is 115 cm³/mol. The third kappa shape index (κ3) is 4.61. The largest absolute Gasteiger partial charge is 0.459 e. The summed E-state index contributed by atoms with van der Waals surface area (Å²) in [6.07, 6.45) is 0.0815. The van der Waals surface area contributed by atoms with Crippen LogP contribution in [0.3, 0.4) is 0 Å². The van der Waals surface area contributed by atoms with E-state index in [9.17, 15) is 9.36 Å². The number of ether oxygens (including phenoxy) is 1. The molecule has 0 aliphatic carbocycles. The van der Waals surface area contributed by atoms with Crippen molar-refractivity contribution in [3.63, 3.8) is 0 Å². The highest BCUT2D eigenvalue weighted by atomic mass is 31.2. The third-order valence-corrected chi connectivity index (χ3v) is 8.35. The Hall–Kier alpha value is -2.64. The summed E-state index contributed by atoms with van der Waals surface area (Å²) >= 11 is 0. The standard InChI is InChI=1S/C24H25O3P/c1-19(20(2)27-24(25)21-12-6-3-7-13-21)18-28(26,22-14-8-4-9-15-22)23-16-10-5-11-17-23/h3-17,19-20H,18H2,1-2H3/t19-,20+/m1/s1. The van der Waals surface area contributed by atoms with E-state index >= 15 is 0 Å². The summed E-state index contributed by atoms with van der Waals surface area (Å²) < 4.78 is 19.8. The molecule has 3 rings (SSSR count). The Morgan fingerprint density at radius 1 is 0.786 bits per heavy atom. The van der Waals surface area contributed by atoms with E-state index in [1.807, 2.05) is 92.7 Å². The second-order valence-electron chi connectivity index (χ2n) is 7.05. The lowest BCUT2D eigenvalue weighted by atomic mass is 10.1. The molecule has 0 saturated heterocycles. The van der Waals surface area contributed by atoms with E-state index in [0.717, 1.165) is 10.6 Å². The summed E-state index contributed by atoms with van der Waals surface area (Å²) in [7, 11) is -2.84. The Kier molecular flexibility index (Phi) is 6.49. The second kappa shape index (κ2) is 9.03. The van der Waals surface area contributed by atoms with Gasteiger partial charge < -0.3 is 9.30 Å². The van der Waals surface area contributed by atoms with Crippen molar-refractivity contribution in [3.8, 4) is 0 Å². The molecular weight excluding hydrogens is 367 g/mol. The zero-order chi connectivity index (χ0) is 20.0. The fraction of sp³-hybridized carbons (Fsp3) is 0.208. The van der Waals surface area contributed by atoms with Crippen LogP contribution in [-0.2, 0) is 9.30 Å². The molecule has 4 heteroatoms. The van der Waals surface area contributed by atoms with Gasteiger partial charge in [-0.1, -0.05) is 85.8 Å². The Morgan fingerprint density at radius 3 is 1.68 bits per heavy atom. The molecule has 0 spiro atoms. The first-order valence-electron chi connectivity index (χ1n) is 9.47. The third-order valence-electron chi connectivity index (χ3n) is 5.00. The van der Waals surface area contributed by atoms with Crippen LogP contribution in [-0.4, -0.2) is 18.2 Å². The van der Waals surface area contributed by atoms with Crippen LogP contribution in [0.4, 0.5) is 0 Å². The lowest BCUT2D eigenvalue weighted by molar-refractivity contribution is 0.0241. The van der Waals surface area contributed by atoms with Gasteiger partial charge in [0.25, 0.3) is 0 Å². The molecule has 0 aliphatic rings. The monoisotopic (exact) mass is 392 g/mol. The van der Waals surface area contributed by atoms with Crippen LogP contribution in [0, 0.1) is 5.92 Å². The molecule has 2 atom stereocenters. The molecule has 28 heavy (non-hydrogen) atoms. The molecule has 144 valence electrons. The minimum absolute atomic E-state index is 0.0705. The molecule has 0 amide bonds. The van der Waals surface area contributed by atoms with E-state index in [-0.39, 0.29) is 18.0 Å². The Balaban J connectivity index is 1.81.